The van der Waals surface area contributed by atoms with E-state index in [9.17, 15) is 12.8 Å². The molecule has 0 aliphatic carbocycles. The molecule has 0 saturated heterocycles. The summed E-state index contributed by atoms with van der Waals surface area (Å²) in [5.74, 6) is -0.283. The average molecular weight is 378 g/mol. The highest BCUT2D eigenvalue weighted by Gasteiger charge is 2.19. The Balaban J connectivity index is 1.90. The molecule has 0 bridgehead atoms. The first kappa shape index (κ1) is 17.2. The van der Waals surface area contributed by atoms with Crippen LogP contribution < -0.4 is 10.0 Å². The average Bonchev–Trinajstić information content (AvgIpc) is 2.59. The van der Waals surface area contributed by atoms with Crippen LogP contribution in [0.1, 0.15) is 0 Å². The van der Waals surface area contributed by atoms with Crippen molar-refractivity contribution < 1.29 is 12.8 Å². The highest BCUT2D eigenvalue weighted by atomic mass is 35.5. The van der Waals surface area contributed by atoms with E-state index in [0.29, 0.717) is 10.7 Å². The van der Waals surface area contributed by atoms with Crippen LogP contribution in [0.3, 0.4) is 0 Å². The standard InChI is InChI=1S/C17H13ClFN3O2S/c18-12-3-7-14(8-4-12)21-17-16(2-1-11-20-17)25(23,24)22-15-9-5-13(19)6-10-15/h1-11,22H,(H,20,21). The molecule has 0 aliphatic rings. The first-order chi connectivity index (χ1) is 11.9. The summed E-state index contributed by atoms with van der Waals surface area (Å²) in [6.45, 7) is 0. The molecule has 0 atom stereocenters. The van der Waals surface area contributed by atoms with Crippen molar-refractivity contribution in [3.05, 3.63) is 77.7 Å². The lowest BCUT2D eigenvalue weighted by atomic mass is 10.3. The van der Waals surface area contributed by atoms with E-state index in [4.69, 9.17) is 11.6 Å². The highest BCUT2D eigenvalue weighted by molar-refractivity contribution is 7.92. The Kier molecular flexibility index (Phi) is 4.87. The molecule has 0 aliphatic heterocycles. The van der Waals surface area contributed by atoms with Gasteiger partial charge in [0.25, 0.3) is 10.0 Å². The predicted molar refractivity (Wildman–Crippen MR) is 96.2 cm³/mol. The second-order valence-corrected chi connectivity index (χ2v) is 7.18. The molecule has 0 radical (unpaired) electrons. The van der Waals surface area contributed by atoms with Crippen LogP contribution in [-0.4, -0.2) is 13.4 Å². The summed E-state index contributed by atoms with van der Waals surface area (Å²) in [6.07, 6.45) is 1.48. The number of sulfonamides is 1. The van der Waals surface area contributed by atoms with Gasteiger partial charge in [-0.25, -0.2) is 17.8 Å². The van der Waals surface area contributed by atoms with Gasteiger partial charge in [0.15, 0.2) is 5.82 Å². The van der Waals surface area contributed by atoms with E-state index in [1.165, 1.54) is 42.6 Å². The van der Waals surface area contributed by atoms with Gasteiger partial charge in [0.2, 0.25) is 0 Å². The Bertz CT molecular complexity index is 978. The van der Waals surface area contributed by atoms with E-state index in [0.717, 1.165) is 0 Å². The predicted octanol–water partition coefficient (Wildman–Crippen LogP) is 4.42. The minimum Gasteiger partial charge on any atom is -0.339 e. The Morgan fingerprint density at radius 2 is 1.56 bits per heavy atom. The molecule has 0 saturated carbocycles. The lowest BCUT2D eigenvalue weighted by Crippen LogP contribution is -2.15. The smallest absolute Gasteiger partial charge is 0.265 e. The van der Waals surface area contributed by atoms with Gasteiger partial charge in [0.05, 0.1) is 0 Å². The third-order valence-corrected chi connectivity index (χ3v) is 4.93. The normalized spacial score (nSPS) is 11.1. The van der Waals surface area contributed by atoms with Gasteiger partial charge in [-0.1, -0.05) is 11.6 Å². The van der Waals surface area contributed by atoms with Gasteiger partial charge in [-0.15, -0.1) is 0 Å². The molecule has 0 amide bonds. The van der Waals surface area contributed by atoms with Crippen LogP contribution in [0.15, 0.2) is 71.8 Å². The lowest BCUT2D eigenvalue weighted by molar-refractivity contribution is 0.601. The Morgan fingerprint density at radius 1 is 0.920 bits per heavy atom. The molecule has 2 aromatic carbocycles. The van der Waals surface area contributed by atoms with Crippen LogP contribution in [0, 0.1) is 5.82 Å². The molecule has 0 unspecified atom stereocenters. The van der Waals surface area contributed by atoms with Crippen molar-refractivity contribution >= 4 is 38.8 Å². The summed E-state index contributed by atoms with van der Waals surface area (Å²) in [5.41, 5.74) is 0.893. The first-order valence-corrected chi connectivity index (χ1v) is 9.06. The number of hydrogen-bond acceptors (Lipinski definition) is 4. The SMILES string of the molecule is O=S(=O)(Nc1ccc(F)cc1)c1cccnc1Nc1ccc(Cl)cc1. The van der Waals surface area contributed by atoms with E-state index < -0.39 is 15.8 Å². The fourth-order valence-corrected chi connectivity index (χ4v) is 3.40. The molecule has 1 aromatic heterocycles. The Labute approximate surface area is 149 Å². The van der Waals surface area contributed by atoms with Crippen molar-refractivity contribution in [2.24, 2.45) is 0 Å². The van der Waals surface area contributed by atoms with E-state index >= 15 is 0 Å². The molecule has 1 heterocycles. The number of halogens is 2. The molecule has 0 fully saturated rings. The number of nitrogens with one attached hydrogen (secondary N) is 2. The van der Waals surface area contributed by atoms with E-state index in [1.54, 1.807) is 24.3 Å². The van der Waals surface area contributed by atoms with Gasteiger partial charge < -0.3 is 5.32 Å². The van der Waals surface area contributed by atoms with Crippen LogP contribution in [0.4, 0.5) is 21.6 Å². The topological polar surface area (TPSA) is 71.1 Å². The summed E-state index contributed by atoms with van der Waals surface area (Å²) < 4.78 is 40.7. The largest absolute Gasteiger partial charge is 0.339 e. The van der Waals surface area contributed by atoms with Gasteiger partial charge in [-0.2, -0.15) is 0 Å². The maximum absolute atomic E-state index is 13.0. The van der Waals surface area contributed by atoms with E-state index in [1.807, 2.05) is 0 Å². The summed E-state index contributed by atoms with van der Waals surface area (Å²) in [5, 5.41) is 3.52. The molecule has 5 nitrogen and oxygen atoms in total. The van der Waals surface area contributed by atoms with Crippen LogP contribution in [0.25, 0.3) is 0 Å². The molecule has 0 spiro atoms. The summed E-state index contributed by atoms with van der Waals surface area (Å²) in [6, 6.07) is 14.8. The van der Waals surface area contributed by atoms with Gasteiger partial charge in [-0.3, -0.25) is 4.72 Å². The van der Waals surface area contributed by atoms with Crippen molar-refractivity contribution in [1.29, 1.82) is 0 Å². The van der Waals surface area contributed by atoms with Crippen LogP contribution in [0.5, 0.6) is 0 Å². The van der Waals surface area contributed by atoms with Crippen molar-refractivity contribution in [2.45, 2.75) is 4.90 Å². The number of nitrogens with zero attached hydrogens (tertiary/aromatic N) is 1. The number of pyridine rings is 1. The second-order valence-electron chi connectivity index (χ2n) is 5.09. The monoisotopic (exact) mass is 377 g/mol. The van der Waals surface area contributed by atoms with Gasteiger partial charge in [-0.05, 0) is 60.7 Å². The van der Waals surface area contributed by atoms with Gasteiger partial charge >= 0.3 is 0 Å². The van der Waals surface area contributed by atoms with Crippen molar-refractivity contribution in [2.75, 3.05) is 10.0 Å². The summed E-state index contributed by atoms with van der Waals surface area (Å²) in [7, 11) is -3.91. The molecule has 3 aromatic rings. The third kappa shape index (κ3) is 4.26. The number of rotatable bonds is 5. The molecular formula is C17H13ClFN3O2S. The fraction of sp³-hybridized carbons (Fsp3) is 0. The number of anilines is 3. The van der Waals surface area contributed by atoms with Crippen LogP contribution >= 0.6 is 11.6 Å². The first-order valence-electron chi connectivity index (χ1n) is 7.20. The zero-order valence-corrected chi connectivity index (χ0v) is 14.4. The van der Waals surface area contributed by atoms with Crippen molar-refractivity contribution in [3.8, 4) is 0 Å². The van der Waals surface area contributed by atoms with Gasteiger partial charge in [0.1, 0.15) is 10.7 Å². The summed E-state index contributed by atoms with van der Waals surface area (Å²) in [4.78, 5) is 4.06. The van der Waals surface area contributed by atoms with Gasteiger partial charge in [0, 0.05) is 22.6 Å². The second kappa shape index (κ2) is 7.08. The Hall–Kier alpha value is -2.64. The molecule has 25 heavy (non-hydrogen) atoms. The minimum absolute atomic E-state index is 0.0331. The molecule has 2 N–H and O–H groups in total. The lowest BCUT2D eigenvalue weighted by Gasteiger charge is -2.13. The van der Waals surface area contributed by atoms with Crippen molar-refractivity contribution in [3.63, 3.8) is 0 Å². The number of aromatic nitrogens is 1. The fourth-order valence-electron chi connectivity index (χ4n) is 2.10. The summed E-state index contributed by atoms with van der Waals surface area (Å²) >= 11 is 5.84. The zero-order valence-electron chi connectivity index (χ0n) is 12.8. The van der Waals surface area contributed by atoms with Crippen LogP contribution in [-0.2, 0) is 10.0 Å². The molecular weight excluding hydrogens is 365 g/mol. The van der Waals surface area contributed by atoms with Crippen molar-refractivity contribution in [1.82, 2.24) is 4.98 Å². The highest BCUT2D eigenvalue weighted by Crippen LogP contribution is 2.25. The number of benzene rings is 2. The minimum atomic E-state index is -3.91. The van der Waals surface area contributed by atoms with Crippen LogP contribution in [0.2, 0.25) is 5.02 Å². The molecule has 3 rings (SSSR count). The van der Waals surface area contributed by atoms with E-state index in [2.05, 4.69) is 15.0 Å². The van der Waals surface area contributed by atoms with E-state index in [-0.39, 0.29) is 16.4 Å². The molecule has 8 heteroatoms. The third-order valence-electron chi connectivity index (χ3n) is 3.26. The molecule has 128 valence electrons. The maximum atomic E-state index is 13.0. The maximum Gasteiger partial charge on any atom is 0.265 e. The number of hydrogen-bond donors (Lipinski definition) is 2. The Morgan fingerprint density at radius 3 is 2.24 bits per heavy atom. The zero-order chi connectivity index (χ0) is 17.9. The quantitative estimate of drug-likeness (QED) is 0.690.